The first-order chi connectivity index (χ1) is 15.0. The second kappa shape index (κ2) is 7.53. The molecule has 33 heavy (non-hydrogen) atoms. The Kier molecular flexibility index (Phi) is 5.63. The van der Waals surface area contributed by atoms with Gasteiger partial charge in [-0.3, -0.25) is 0 Å². The molecule has 0 aliphatic heterocycles. The molecule has 0 heterocycles. The van der Waals surface area contributed by atoms with E-state index in [4.69, 9.17) is 4.74 Å². The van der Waals surface area contributed by atoms with Crippen molar-refractivity contribution >= 4 is 0 Å². The third-order valence-corrected chi connectivity index (χ3v) is 6.07. The van der Waals surface area contributed by atoms with Crippen molar-refractivity contribution in [2.24, 2.45) is 16.7 Å². The molecule has 0 radical (unpaired) electrons. The second-order valence-electron chi connectivity index (χ2n) is 7.69. The third kappa shape index (κ3) is 3.48. The van der Waals surface area contributed by atoms with Crippen molar-refractivity contribution in [1.82, 2.24) is 0 Å². The number of benzene rings is 2. The van der Waals surface area contributed by atoms with E-state index in [9.17, 15) is 49.2 Å². The molecule has 0 spiro atoms. The van der Waals surface area contributed by atoms with Gasteiger partial charge in [-0.25, -0.2) is 4.39 Å². The van der Waals surface area contributed by atoms with Crippen LogP contribution in [0.1, 0.15) is 18.4 Å². The minimum atomic E-state index is -6.38. The van der Waals surface area contributed by atoms with Gasteiger partial charge in [-0.15, -0.1) is 0 Å². The van der Waals surface area contributed by atoms with E-state index in [-0.39, 0.29) is 12.7 Å². The fraction of sp³-hybridized carbons (Fsp3) is 0.381. The highest BCUT2D eigenvalue weighted by molar-refractivity contribution is 5.43. The molecule has 0 bridgehead atoms. The molecular weight excluding hydrogens is 472 g/mol. The third-order valence-electron chi connectivity index (χ3n) is 6.07. The van der Waals surface area contributed by atoms with Crippen molar-refractivity contribution in [3.8, 4) is 17.6 Å². The molecule has 3 atom stereocenters. The van der Waals surface area contributed by atoms with Crippen molar-refractivity contribution in [1.29, 1.82) is 5.26 Å². The number of rotatable bonds is 4. The molecule has 178 valence electrons. The zero-order chi connectivity index (χ0) is 25.0. The Morgan fingerprint density at radius 3 is 1.85 bits per heavy atom. The number of nitriles is 1. The molecule has 0 amide bonds. The standard InChI is InChI=1S/C21H13F10NO/c1-17(19(23,24)25)16(18(17,20(26,27)28)21(29,30)31)13(10-32)11-7-8-14(22)15(9-11)33-12-5-3-2-4-6-12/h2-9,13,16H,1H3. The monoisotopic (exact) mass is 485 g/mol. The summed E-state index contributed by atoms with van der Waals surface area (Å²) in [4.78, 5) is 0. The summed E-state index contributed by atoms with van der Waals surface area (Å²) < 4.78 is 143. The highest BCUT2D eigenvalue weighted by Gasteiger charge is 3.02. The van der Waals surface area contributed by atoms with E-state index in [1.165, 1.54) is 24.3 Å². The lowest BCUT2D eigenvalue weighted by Gasteiger charge is -2.29. The summed E-state index contributed by atoms with van der Waals surface area (Å²) in [6.45, 7) is -0.201. The highest BCUT2D eigenvalue weighted by atomic mass is 19.4. The topological polar surface area (TPSA) is 33.0 Å². The van der Waals surface area contributed by atoms with Gasteiger partial charge in [-0.1, -0.05) is 24.3 Å². The molecule has 2 aromatic carbocycles. The number of nitrogens with zero attached hydrogens (tertiary/aromatic N) is 1. The lowest BCUT2D eigenvalue weighted by molar-refractivity contribution is -0.336. The van der Waals surface area contributed by atoms with Gasteiger partial charge in [-0.05, 0) is 36.8 Å². The van der Waals surface area contributed by atoms with Crippen LogP contribution in [-0.4, -0.2) is 18.5 Å². The first kappa shape index (κ1) is 24.7. The number of halogens is 10. The number of alkyl halides is 9. The van der Waals surface area contributed by atoms with E-state index in [1.54, 1.807) is 6.07 Å². The van der Waals surface area contributed by atoms with Crippen LogP contribution in [0.3, 0.4) is 0 Å². The van der Waals surface area contributed by atoms with Gasteiger partial charge in [0.05, 0.1) is 17.4 Å². The number of para-hydroxylation sites is 1. The van der Waals surface area contributed by atoms with Gasteiger partial charge in [-0.2, -0.15) is 44.8 Å². The lowest BCUT2D eigenvalue weighted by Crippen LogP contribution is -2.47. The van der Waals surface area contributed by atoms with Gasteiger partial charge in [0.15, 0.2) is 17.0 Å². The zero-order valence-corrected chi connectivity index (χ0v) is 16.4. The SMILES string of the molecule is CC1(C(F)(F)F)C(C(C#N)c2ccc(F)c(Oc3ccccc3)c2)C1(C(F)(F)F)C(F)(F)F. The summed E-state index contributed by atoms with van der Waals surface area (Å²) in [5.74, 6) is -7.53. The predicted octanol–water partition coefficient (Wildman–Crippen LogP) is 7.53. The van der Waals surface area contributed by atoms with Gasteiger partial charge >= 0.3 is 18.5 Å². The molecule has 0 aromatic heterocycles. The van der Waals surface area contributed by atoms with Crippen LogP contribution in [0.15, 0.2) is 48.5 Å². The summed E-state index contributed by atoms with van der Waals surface area (Å²) in [6, 6.07) is 10.3. The maximum Gasteiger partial charge on any atom is 0.404 e. The van der Waals surface area contributed by atoms with Crippen LogP contribution in [0.25, 0.3) is 0 Å². The van der Waals surface area contributed by atoms with E-state index < -0.39 is 58.3 Å². The fourth-order valence-corrected chi connectivity index (χ4v) is 4.49. The molecule has 1 aliphatic rings. The first-order valence-corrected chi connectivity index (χ1v) is 9.16. The van der Waals surface area contributed by atoms with Crippen LogP contribution < -0.4 is 4.74 Å². The van der Waals surface area contributed by atoms with Crippen molar-refractivity contribution in [2.45, 2.75) is 31.4 Å². The van der Waals surface area contributed by atoms with Gasteiger partial charge in [0.25, 0.3) is 0 Å². The van der Waals surface area contributed by atoms with E-state index in [0.717, 1.165) is 6.07 Å². The Labute approximate surface area is 180 Å². The van der Waals surface area contributed by atoms with E-state index in [0.29, 0.717) is 18.2 Å². The Hall–Kier alpha value is -2.97. The molecule has 3 rings (SSSR count). The summed E-state index contributed by atoms with van der Waals surface area (Å²) in [5, 5.41) is 9.41. The largest absolute Gasteiger partial charge is 0.454 e. The van der Waals surface area contributed by atoms with Gasteiger partial charge < -0.3 is 4.74 Å². The molecule has 2 nitrogen and oxygen atoms in total. The number of hydrogen-bond donors (Lipinski definition) is 0. The van der Waals surface area contributed by atoms with Crippen LogP contribution in [0.4, 0.5) is 43.9 Å². The van der Waals surface area contributed by atoms with Crippen LogP contribution >= 0.6 is 0 Å². The van der Waals surface area contributed by atoms with Crippen molar-refractivity contribution < 1.29 is 48.6 Å². The van der Waals surface area contributed by atoms with Crippen molar-refractivity contribution in [2.75, 3.05) is 0 Å². The Bertz CT molecular complexity index is 1050. The Morgan fingerprint density at radius 2 is 1.42 bits per heavy atom. The molecule has 2 aromatic rings. The quantitative estimate of drug-likeness (QED) is 0.420. The van der Waals surface area contributed by atoms with E-state index in [2.05, 4.69) is 0 Å². The van der Waals surface area contributed by atoms with Crippen molar-refractivity contribution in [3.63, 3.8) is 0 Å². The minimum Gasteiger partial charge on any atom is -0.454 e. The molecule has 1 fully saturated rings. The Morgan fingerprint density at radius 1 is 0.879 bits per heavy atom. The average molecular weight is 485 g/mol. The van der Waals surface area contributed by atoms with E-state index >= 15 is 0 Å². The molecule has 3 unspecified atom stereocenters. The van der Waals surface area contributed by atoms with Crippen LogP contribution in [0.5, 0.6) is 11.5 Å². The van der Waals surface area contributed by atoms with Gasteiger partial charge in [0, 0.05) is 5.92 Å². The summed E-state index contributed by atoms with van der Waals surface area (Å²) in [5.41, 5.74) is -10.2. The predicted molar refractivity (Wildman–Crippen MR) is 93.5 cm³/mol. The smallest absolute Gasteiger partial charge is 0.404 e. The van der Waals surface area contributed by atoms with Crippen molar-refractivity contribution in [3.05, 3.63) is 59.9 Å². The maximum atomic E-state index is 14.2. The second-order valence-corrected chi connectivity index (χ2v) is 7.69. The van der Waals surface area contributed by atoms with Crippen LogP contribution in [0, 0.1) is 33.9 Å². The summed E-state index contributed by atoms with van der Waals surface area (Å²) in [7, 11) is 0. The molecule has 0 saturated heterocycles. The molecular formula is C21H13F10NO. The van der Waals surface area contributed by atoms with Gasteiger partial charge in [0.2, 0.25) is 0 Å². The number of ether oxygens (including phenoxy) is 1. The average Bonchev–Trinajstić information content (AvgIpc) is 3.29. The number of hydrogen-bond acceptors (Lipinski definition) is 2. The molecule has 1 saturated carbocycles. The van der Waals surface area contributed by atoms with Gasteiger partial charge in [0.1, 0.15) is 5.75 Å². The lowest BCUT2D eigenvalue weighted by atomic mass is 9.89. The Balaban J connectivity index is 2.16. The zero-order valence-electron chi connectivity index (χ0n) is 16.4. The molecule has 12 heteroatoms. The fourth-order valence-electron chi connectivity index (χ4n) is 4.49. The normalized spacial score (nSPS) is 23.5. The summed E-state index contributed by atoms with van der Waals surface area (Å²) >= 11 is 0. The molecule has 1 aliphatic carbocycles. The first-order valence-electron chi connectivity index (χ1n) is 9.16. The summed E-state index contributed by atoms with van der Waals surface area (Å²) in [6.07, 6.45) is -18.7. The van der Waals surface area contributed by atoms with E-state index in [1.807, 2.05) is 0 Å². The minimum absolute atomic E-state index is 0.0357. The van der Waals surface area contributed by atoms with Crippen LogP contribution in [0.2, 0.25) is 0 Å². The highest BCUT2D eigenvalue weighted by Crippen LogP contribution is 2.87. The molecule has 0 N–H and O–H groups in total. The maximum absolute atomic E-state index is 14.2. The van der Waals surface area contributed by atoms with Crippen LogP contribution in [-0.2, 0) is 0 Å².